The number of hydrogen-bond acceptors (Lipinski definition) is 3. The van der Waals surface area contributed by atoms with E-state index in [1.165, 1.54) is 5.56 Å². The molecule has 1 unspecified atom stereocenters. The van der Waals surface area contributed by atoms with Crippen molar-refractivity contribution < 1.29 is 9.59 Å². The number of hydrogen-bond donors (Lipinski definition) is 1. The summed E-state index contributed by atoms with van der Waals surface area (Å²) in [4.78, 5) is 29.7. The second kappa shape index (κ2) is 11.7. The largest absolute Gasteiger partial charge is 0.356 e. The van der Waals surface area contributed by atoms with Crippen molar-refractivity contribution in [3.05, 3.63) is 71.3 Å². The first-order valence-corrected chi connectivity index (χ1v) is 11.4. The first-order chi connectivity index (χ1) is 15.1. The highest BCUT2D eigenvalue weighted by Gasteiger charge is 2.28. The first kappa shape index (κ1) is 23.0. The van der Waals surface area contributed by atoms with Gasteiger partial charge in [0, 0.05) is 38.3 Å². The fraction of sp³-hybridized carbons (Fsp3) is 0.462. The van der Waals surface area contributed by atoms with Gasteiger partial charge in [0.05, 0.1) is 5.92 Å². The van der Waals surface area contributed by atoms with Gasteiger partial charge in [-0.2, -0.15) is 0 Å². The Morgan fingerprint density at radius 1 is 1.06 bits per heavy atom. The van der Waals surface area contributed by atoms with E-state index in [2.05, 4.69) is 54.5 Å². The van der Waals surface area contributed by atoms with Gasteiger partial charge < -0.3 is 10.2 Å². The Morgan fingerprint density at radius 2 is 1.81 bits per heavy atom. The second-order valence-electron chi connectivity index (χ2n) is 8.59. The molecule has 1 fully saturated rings. The van der Waals surface area contributed by atoms with Gasteiger partial charge in [-0.05, 0) is 49.6 Å². The Kier molecular flexibility index (Phi) is 8.65. The van der Waals surface area contributed by atoms with E-state index >= 15 is 0 Å². The molecule has 1 heterocycles. The van der Waals surface area contributed by atoms with E-state index in [-0.39, 0.29) is 17.7 Å². The van der Waals surface area contributed by atoms with Crippen LogP contribution < -0.4 is 5.32 Å². The van der Waals surface area contributed by atoms with E-state index in [9.17, 15) is 9.59 Å². The summed E-state index contributed by atoms with van der Waals surface area (Å²) < 4.78 is 0. The molecule has 5 nitrogen and oxygen atoms in total. The van der Waals surface area contributed by atoms with Crippen LogP contribution in [0.25, 0.3) is 0 Å². The van der Waals surface area contributed by atoms with Gasteiger partial charge in [-0.1, -0.05) is 55.8 Å². The molecule has 0 bridgehead atoms. The maximum atomic E-state index is 13.1. The number of benzene rings is 2. The minimum Gasteiger partial charge on any atom is -0.356 e. The van der Waals surface area contributed by atoms with Gasteiger partial charge in [0.2, 0.25) is 5.91 Å². The number of nitrogens with zero attached hydrogens (tertiary/aromatic N) is 2. The van der Waals surface area contributed by atoms with E-state index in [0.29, 0.717) is 12.1 Å². The molecule has 1 N–H and O–H groups in total. The lowest BCUT2D eigenvalue weighted by Gasteiger charge is -2.32. The highest BCUT2D eigenvalue weighted by Crippen LogP contribution is 2.20. The molecule has 5 heteroatoms. The van der Waals surface area contributed by atoms with Crippen molar-refractivity contribution in [1.29, 1.82) is 0 Å². The third-order valence-corrected chi connectivity index (χ3v) is 5.83. The summed E-state index contributed by atoms with van der Waals surface area (Å²) in [5.41, 5.74) is 3.10. The predicted molar refractivity (Wildman–Crippen MR) is 125 cm³/mol. The van der Waals surface area contributed by atoms with Gasteiger partial charge in [-0.25, -0.2) is 0 Å². The SMILES string of the molecule is CCCCNC(=O)C1CCCN(C(=O)c2cccc(CN(C)Cc3ccccc3)c2)C1. The maximum absolute atomic E-state index is 13.1. The van der Waals surface area contributed by atoms with Crippen LogP contribution in [0.1, 0.15) is 54.1 Å². The van der Waals surface area contributed by atoms with E-state index in [1.807, 2.05) is 29.2 Å². The molecule has 1 aliphatic heterocycles. The fourth-order valence-electron chi connectivity index (χ4n) is 4.16. The number of amides is 2. The summed E-state index contributed by atoms with van der Waals surface area (Å²) in [7, 11) is 2.09. The van der Waals surface area contributed by atoms with E-state index in [0.717, 1.165) is 57.4 Å². The van der Waals surface area contributed by atoms with Crippen molar-refractivity contribution in [1.82, 2.24) is 15.1 Å². The molecular formula is C26H35N3O2. The first-order valence-electron chi connectivity index (χ1n) is 11.4. The van der Waals surface area contributed by atoms with Gasteiger partial charge in [0.15, 0.2) is 0 Å². The van der Waals surface area contributed by atoms with Crippen LogP contribution in [-0.4, -0.2) is 48.3 Å². The molecule has 1 atom stereocenters. The highest BCUT2D eigenvalue weighted by atomic mass is 16.2. The minimum absolute atomic E-state index is 0.0265. The standard InChI is InChI=1S/C26H35N3O2/c1-3-4-15-27-25(30)24-14-9-16-29(20-24)26(31)23-13-8-12-22(17-23)19-28(2)18-21-10-6-5-7-11-21/h5-8,10-13,17,24H,3-4,9,14-16,18-20H2,1-2H3,(H,27,30). The van der Waals surface area contributed by atoms with Crippen LogP contribution >= 0.6 is 0 Å². The number of nitrogens with one attached hydrogen (secondary N) is 1. The molecule has 2 amide bonds. The summed E-state index contributed by atoms with van der Waals surface area (Å²) in [5.74, 6) is 0.00982. The Bertz CT molecular complexity index is 853. The number of rotatable bonds is 9. The van der Waals surface area contributed by atoms with Gasteiger partial charge in [-0.3, -0.25) is 14.5 Å². The topological polar surface area (TPSA) is 52.7 Å². The molecule has 166 valence electrons. The number of carbonyl (C=O) groups excluding carboxylic acids is 2. The molecular weight excluding hydrogens is 386 g/mol. The molecule has 0 aromatic heterocycles. The minimum atomic E-state index is -0.102. The van der Waals surface area contributed by atoms with Crippen molar-refractivity contribution in [2.45, 2.75) is 45.7 Å². The zero-order valence-electron chi connectivity index (χ0n) is 18.8. The summed E-state index contributed by atoms with van der Waals surface area (Å²) in [5, 5.41) is 3.02. The molecule has 2 aromatic rings. The van der Waals surface area contributed by atoms with Gasteiger partial charge in [-0.15, -0.1) is 0 Å². The second-order valence-corrected chi connectivity index (χ2v) is 8.59. The van der Waals surface area contributed by atoms with Gasteiger partial charge in [0.1, 0.15) is 0 Å². The number of likely N-dealkylation sites (tertiary alicyclic amines) is 1. The molecule has 2 aromatic carbocycles. The van der Waals surface area contributed by atoms with Crippen LogP contribution in [0.2, 0.25) is 0 Å². The molecule has 1 saturated heterocycles. The lowest BCUT2D eigenvalue weighted by atomic mass is 9.96. The van der Waals surface area contributed by atoms with Crippen LogP contribution in [-0.2, 0) is 17.9 Å². The Hall–Kier alpha value is -2.66. The molecule has 0 saturated carbocycles. The average molecular weight is 422 g/mol. The molecule has 3 rings (SSSR count). The number of carbonyl (C=O) groups is 2. The van der Waals surface area contributed by atoms with Crippen LogP contribution in [0.4, 0.5) is 0 Å². The predicted octanol–water partition coefficient (Wildman–Crippen LogP) is 4.09. The molecule has 31 heavy (non-hydrogen) atoms. The molecule has 0 radical (unpaired) electrons. The third kappa shape index (κ3) is 6.93. The smallest absolute Gasteiger partial charge is 0.253 e. The normalized spacial score (nSPS) is 16.4. The third-order valence-electron chi connectivity index (χ3n) is 5.83. The average Bonchev–Trinajstić information content (AvgIpc) is 2.79. The molecule has 0 aliphatic carbocycles. The van der Waals surface area contributed by atoms with Crippen molar-refractivity contribution in [3.63, 3.8) is 0 Å². The van der Waals surface area contributed by atoms with E-state index in [4.69, 9.17) is 0 Å². The summed E-state index contributed by atoms with van der Waals surface area (Å²) in [6.45, 7) is 5.70. The lowest BCUT2D eigenvalue weighted by Crippen LogP contribution is -2.45. The van der Waals surface area contributed by atoms with Crippen LogP contribution in [0.5, 0.6) is 0 Å². The summed E-state index contributed by atoms with van der Waals surface area (Å²) in [6, 6.07) is 18.3. The van der Waals surface area contributed by atoms with Crippen LogP contribution in [0.15, 0.2) is 54.6 Å². The number of unbranched alkanes of at least 4 members (excludes halogenated alkanes) is 1. The van der Waals surface area contributed by atoms with Crippen molar-refractivity contribution >= 4 is 11.8 Å². The summed E-state index contributed by atoms with van der Waals surface area (Å²) >= 11 is 0. The number of piperidine rings is 1. The summed E-state index contributed by atoms with van der Waals surface area (Å²) in [6.07, 6.45) is 3.78. The maximum Gasteiger partial charge on any atom is 0.253 e. The Labute approximate surface area is 186 Å². The van der Waals surface area contributed by atoms with Gasteiger partial charge in [0.25, 0.3) is 5.91 Å². The fourth-order valence-corrected chi connectivity index (χ4v) is 4.16. The quantitative estimate of drug-likeness (QED) is 0.621. The van der Waals surface area contributed by atoms with E-state index < -0.39 is 0 Å². The van der Waals surface area contributed by atoms with Gasteiger partial charge >= 0.3 is 0 Å². The van der Waals surface area contributed by atoms with Crippen molar-refractivity contribution in [2.75, 3.05) is 26.7 Å². The van der Waals surface area contributed by atoms with Crippen LogP contribution in [0.3, 0.4) is 0 Å². The van der Waals surface area contributed by atoms with E-state index in [1.54, 1.807) is 0 Å². The van der Waals surface area contributed by atoms with Crippen LogP contribution in [0, 0.1) is 5.92 Å². The zero-order valence-corrected chi connectivity index (χ0v) is 18.8. The van der Waals surface area contributed by atoms with Crippen molar-refractivity contribution in [2.24, 2.45) is 5.92 Å². The Balaban J connectivity index is 1.58. The monoisotopic (exact) mass is 421 g/mol. The zero-order chi connectivity index (χ0) is 22.1. The molecule has 1 aliphatic rings. The lowest BCUT2D eigenvalue weighted by molar-refractivity contribution is -0.126. The highest BCUT2D eigenvalue weighted by molar-refractivity contribution is 5.95. The Morgan fingerprint density at radius 3 is 2.58 bits per heavy atom. The van der Waals surface area contributed by atoms with Crippen molar-refractivity contribution in [3.8, 4) is 0 Å². The molecule has 0 spiro atoms.